The van der Waals surface area contributed by atoms with Gasteiger partial charge in [0.15, 0.2) is 5.82 Å². The van der Waals surface area contributed by atoms with E-state index in [0.29, 0.717) is 40.6 Å². The number of aromatic nitrogens is 3. The van der Waals surface area contributed by atoms with E-state index in [1.54, 1.807) is 24.3 Å². The van der Waals surface area contributed by atoms with Crippen molar-refractivity contribution in [1.82, 2.24) is 14.8 Å². The van der Waals surface area contributed by atoms with Gasteiger partial charge in [-0.3, -0.25) is 4.79 Å². The maximum absolute atomic E-state index is 12.4. The molecule has 0 spiro atoms. The van der Waals surface area contributed by atoms with Gasteiger partial charge in [0.25, 0.3) is 0 Å². The van der Waals surface area contributed by atoms with Crippen molar-refractivity contribution in [3.8, 4) is 22.8 Å². The molecular weight excluding hydrogens is 631 g/mol. The van der Waals surface area contributed by atoms with E-state index < -0.39 is 12.4 Å². The van der Waals surface area contributed by atoms with Crippen LogP contribution in [0, 0.1) is 6.92 Å². The van der Waals surface area contributed by atoms with Gasteiger partial charge < -0.3 is 14.8 Å². The van der Waals surface area contributed by atoms with Crippen LogP contribution >= 0.6 is 11.8 Å². The number of allylic oxidation sites excluding steroid dienone is 1. The Labute approximate surface area is 275 Å². The number of ether oxygens (including phenoxy) is 2. The van der Waals surface area contributed by atoms with Crippen molar-refractivity contribution >= 4 is 34.3 Å². The summed E-state index contributed by atoms with van der Waals surface area (Å²) in [5, 5.41) is 7.66. The van der Waals surface area contributed by atoms with Crippen LogP contribution in [0.4, 0.5) is 23.7 Å². The Balaban J connectivity index is 0.000000365. The van der Waals surface area contributed by atoms with Gasteiger partial charge in [-0.2, -0.15) is 4.99 Å². The molecular formula is C34H34F3N5O4S. The molecule has 0 aliphatic carbocycles. The third-order valence-corrected chi connectivity index (χ3v) is 8.26. The molecule has 2 aliphatic rings. The lowest BCUT2D eigenvalue weighted by molar-refractivity contribution is -0.274. The van der Waals surface area contributed by atoms with Crippen LogP contribution in [0.1, 0.15) is 37.0 Å². The minimum absolute atomic E-state index is 0. The molecule has 0 unspecified atom stereocenters. The summed E-state index contributed by atoms with van der Waals surface area (Å²) in [5.41, 5.74) is 6.92. The SMILES string of the molecule is CCc1cc(-c2ncn(-c3ccc(OC(F)(F)F)cc3)n2)ccc1NC(=O)/N=C1/C=CCC(=O)CS1.Cc1cccc2c1CCOC2.[HH]. The summed E-state index contributed by atoms with van der Waals surface area (Å²) in [6, 6.07) is 16.5. The number of fused-ring (bicyclic) bond motifs is 1. The number of amides is 2. The zero-order valence-corrected chi connectivity index (χ0v) is 26.5. The van der Waals surface area contributed by atoms with Gasteiger partial charge in [-0.25, -0.2) is 14.5 Å². The number of alkyl halides is 3. The van der Waals surface area contributed by atoms with Crippen molar-refractivity contribution in [3.05, 3.63) is 101 Å². The minimum Gasteiger partial charge on any atom is -0.406 e. The second kappa shape index (κ2) is 15.2. The highest BCUT2D eigenvalue weighted by Gasteiger charge is 2.31. The van der Waals surface area contributed by atoms with E-state index in [4.69, 9.17) is 4.74 Å². The smallest absolute Gasteiger partial charge is 0.406 e. The number of ketones is 1. The second-order valence-electron chi connectivity index (χ2n) is 10.6. The highest BCUT2D eigenvalue weighted by Crippen LogP contribution is 2.26. The number of benzene rings is 3. The van der Waals surface area contributed by atoms with E-state index in [0.717, 1.165) is 25.2 Å². The molecule has 4 aromatic rings. The van der Waals surface area contributed by atoms with Gasteiger partial charge in [-0.05, 0) is 90.6 Å². The van der Waals surface area contributed by atoms with E-state index >= 15 is 0 Å². The molecule has 2 aliphatic heterocycles. The maximum atomic E-state index is 12.4. The number of nitrogens with one attached hydrogen (secondary N) is 1. The molecule has 1 N–H and O–H groups in total. The number of carbonyl (C=O) groups excluding carboxylic acids is 2. The third kappa shape index (κ3) is 9.39. The molecule has 47 heavy (non-hydrogen) atoms. The Hall–Kier alpha value is -4.75. The van der Waals surface area contributed by atoms with Crippen LogP contribution < -0.4 is 10.1 Å². The van der Waals surface area contributed by atoms with Crippen LogP contribution in [0.3, 0.4) is 0 Å². The topological polar surface area (TPSA) is 108 Å². The summed E-state index contributed by atoms with van der Waals surface area (Å²) in [5.74, 6) is 0.431. The lowest BCUT2D eigenvalue weighted by Crippen LogP contribution is -2.17. The Morgan fingerprint density at radius 2 is 1.98 bits per heavy atom. The number of hydrogen-bond donors (Lipinski definition) is 1. The molecule has 0 fully saturated rings. The van der Waals surface area contributed by atoms with Gasteiger partial charge in [0.05, 0.1) is 24.7 Å². The molecule has 13 heteroatoms. The summed E-state index contributed by atoms with van der Waals surface area (Å²) in [7, 11) is 0. The molecule has 9 nitrogen and oxygen atoms in total. The fourth-order valence-electron chi connectivity index (χ4n) is 4.95. The standard InChI is InChI=1S/C24H20F3N5O3S.C10H12O.H2/c1-2-15-12-16(6-11-20(15)29-23(34)30-21-5-3-4-18(33)13-36-21)22-28-14-32(31-22)17-7-9-19(10-8-17)35-24(25,26)27;1-8-3-2-4-9-7-11-6-5-10(8)9;/h3,5-12,14H,2,4,13H2,1H3,(H,29,34);2-4H,5-7H2,1H3;1H/b30-21-;;. The number of aliphatic imine (C=N–C) groups is 1. The fourth-order valence-corrected chi connectivity index (χ4v) is 5.71. The minimum atomic E-state index is -4.76. The quantitative estimate of drug-likeness (QED) is 0.231. The molecule has 6 rings (SSSR count). The summed E-state index contributed by atoms with van der Waals surface area (Å²) in [6.45, 7) is 5.80. The maximum Gasteiger partial charge on any atom is 0.573 e. The first-order valence-corrected chi connectivity index (χ1v) is 15.8. The zero-order chi connectivity index (χ0) is 33.4. The molecule has 3 heterocycles. The number of Topliss-reactive ketones (excluding diaryl/α,β-unsaturated/α-hetero) is 1. The van der Waals surface area contributed by atoms with Gasteiger partial charge in [-0.1, -0.05) is 43.0 Å². The monoisotopic (exact) mass is 665 g/mol. The molecule has 0 saturated carbocycles. The first kappa shape index (κ1) is 33.6. The fraction of sp³-hybridized carbons (Fsp3) is 0.265. The van der Waals surface area contributed by atoms with E-state index in [2.05, 4.69) is 50.3 Å². The van der Waals surface area contributed by atoms with E-state index in [1.807, 2.05) is 13.0 Å². The summed E-state index contributed by atoms with van der Waals surface area (Å²) >= 11 is 1.22. The zero-order valence-electron chi connectivity index (χ0n) is 25.7. The number of anilines is 1. The van der Waals surface area contributed by atoms with Crippen molar-refractivity contribution < 1.29 is 33.7 Å². The lowest BCUT2D eigenvalue weighted by atomic mass is 9.98. The normalized spacial score (nSPS) is 15.3. The molecule has 0 saturated heterocycles. The van der Waals surface area contributed by atoms with Crippen LogP contribution in [0.15, 0.2) is 84.1 Å². The van der Waals surface area contributed by atoms with E-state index in [9.17, 15) is 22.8 Å². The number of aryl methyl sites for hydroxylation is 2. The Bertz CT molecular complexity index is 1810. The second-order valence-corrected chi connectivity index (χ2v) is 11.6. The number of rotatable bonds is 5. The van der Waals surface area contributed by atoms with E-state index in [-0.39, 0.29) is 18.7 Å². The molecule has 2 amide bonds. The Morgan fingerprint density at radius 3 is 2.72 bits per heavy atom. The van der Waals surface area contributed by atoms with Crippen LogP contribution in [-0.4, -0.2) is 50.3 Å². The summed E-state index contributed by atoms with van der Waals surface area (Å²) < 4.78 is 47.7. The first-order valence-electron chi connectivity index (χ1n) is 14.8. The van der Waals surface area contributed by atoms with Gasteiger partial charge >= 0.3 is 12.4 Å². The van der Waals surface area contributed by atoms with Crippen molar-refractivity contribution in [1.29, 1.82) is 0 Å². The van der Waals surface area contributed by atoms with Gasteiger partial charge in [0, 0.05) is 19.1 Å². The highest BCUT2D eigenvalue weighted by atomic mass is 32.2. The first-order chi connectivity index (χ1) is 22.6. The number of thioether (sulfide) groups is 1. The van der Waals surface area contributed by atoms with Crippen LogP contribution in [0.5, 0.6) is 5.75 Å². The lowest BCUT2D eigenvalue weighted by Gasteiger charge is -2.17. The molecule has 1 aromatic heterocycles. The van der Waals surface area contributed by atoms with Crippen molar-refractivity contribution in [2.75, 3.05) is 17.7 Å². The van der Waals surface area contributed by atoms with Gasteiger partial charge in [0.2, 0.25) is 0 Å². The average Bonchev–Trinajstić information content (AvgIpc) is 3.45. The van der Waals surface area contributed by atoms with Crippen molar-refractivity contribution in [2.24, 2.45) is 4.99 Å². The third-order valence-electron chi connectivity index (χ3n) is 7.27. The van der Waals surface area contributed by atoms with Gasteiger partial charge in [0.1, 0.15) is 22.9 Å². The van der Waals surface area contributed by atoms with Crippen LogP contribution in [-0.2, 0) is 29.0 Å². The largest absolute Gasteiger partial charge is 0.573 e. The summed E-state index contributed by atoms with van der Waals surface area (Å²) in [4.78, 5) is 32.3. The molecule has 0 radical (unpaired) electrons. The Morgan fingerprint density at radius 1 is 1.17 bits per heavy atom. The molecule has 0 atom stereocenters. The predicted octanol–water partition coefficient (Wildman–Crippen LogP) is 7.90. The van der Waals surface area contributed by atoms with Crippen molar-refractivity contribution in [3.63, 3.8) is 0 Å². The number of nitrogens with zero attached hydrogens (tertiary/aromatic N) is 4. The molecule has 246 valence electrons. The predicted molar refractivity (Wildman–Crippen MR) is 177 cm³/mol. The number of urea groups is 1. The molecule has 0 bridgehead atoms. The number of carbonyl (C=O) groups is 2. The Kier molecular flexibility index (Phi) is 10.9. The average molecular weight is 666 g/mol. The summed E-state index contributed by atoms with van der Waals surface area (Å²) in [6.07, 6.45) is 2.08. The molecule has 3 aromatic carbocycles. The van der Waals surface area contributed by atoms with Crippen molar-refractivity contribution in [2.45, 2.75) is 46.1 Å². The van der Waals surface area contributed by atoms with Gasteiger partial charge in [-0.15, -0.1) is 18.3 Å². The highest BCUT2D eigenvalue weighted by molar-refractivity contribution is 8.14. The number of hydrogen-bond acceptors (Lipinski definition) is 7. The number of halogens is 3. The van der Waals surface area contributed by atoms with Crippen LogP contribution in [0.2, 0.25) is 0 Å². The van der Waals surface area contributed by atoms with E-state index in [1.165, 1.54) is 63.7 Å². The van der Waals surface area contributed by atoms with Crippen LogP contribution in [0.25, 0.3) is 17.1 Å².